The van der Waals surface area contributed by atoms with E-state index in [1.54, 1.807) is 19.3 Å². The lowest BCUT2D eigenvalue weighted by molar-refractivity contribution is -0.210. The third-order valence-corrected chi connectivity index (χ3v) is 13.3. The number of allylic oxidation sites excluding steroid dienone is 7. The fourth-order valence-corrected chi connectivity index (χ4v) is 9.78. The van der Waals surface area contributed by atoms with Gasteiger partial charge in [0.1, 0.15) is 42.9 Å². The first kappa shape index (κ1) is 56.4. The van der Waals surface area contributed by atoms with Gasteiger partial charge in [-0.25, -0.2) is 4.79 Å². The molecule has 5 aliphatic heterocycles. The number of carbonyl (C=O) groups excluding carboxylic acids is 1. The predicted octanol–water partition coefficient (Wildman–Crippen LogP) is 10.0. The van der Waals surface area contributed by atoms with Crippen molar-refractivity contribution in [1.82, 2.24) is 0 Å². The molecule has 2 N–H and O–H groups in total. The van der Waals surface area contributed by atoms with Gasteiger partial charge in [-0.1, -0.05) is 112 Å². The van der Waals surface area contributed by atoms with E-state index in [0.717, 1.165) is 50.2 Å². The number of aliphatic hydroxyl groups is 1. The molecular formula is C56H84O13. The molecule has 13 heteroatoms. The zero-order valence-corrected chi connectivity index (χ0v) is 43.0. The SMILES string of the molecule is COCO[C@H]1C[C@H]([C@H]2OC(C)(C)O[C@H]2/C=C/CC/C=C/C[C@H]2C=C[C@H](O)[C@H](/C(C)=C/[C@H](C)CCCCC(=O)OC(C)(C)C)O2)O[C@H](C/C=C/[C@@H]2O[C@@H]3C[C@@H](O[C@H]3/C=C/C=C\C=C/C(=O)O)[C@H]2C)[C@@H]1C. The van der Waals surface area contributed by atoms with Crippen LogP contribution in [0.2, 0.25) is 0 Å². The van der Waals surface area contributed by atoms with Gasteiger partial charge >= 0.3 is 11.9 Å². The van der Waals surface area contributed by atoms with E-state index < -0.39 is 29.6 Å². The second-order valence-electron chi connectivity index (χ2n) is 20.9. The first-order chi connectivity index (χ1) is 32.8. The number of aliphatic carboxylic acids is 1. The summed E-state index contributed by atoms with van der Waals surface area (Å²) in [5, 5.41) is 19.5. The normalized spacial score (nSPS) is 34.7. The van der Waals surface area contributed by atoms with Crippen molar-refractivity contribution in [3.8, 4) is 0 Å². The molecule has 0 aliphatic carbocycles. The standard InChI is InChI=1S/C56H84O13/c1-37(23-20-21-30-52(60)68-55(5,6)7)33-38(2)53-42(57)32-31-41(63-53)24-16-12-11-13-18-26-46-54(69-56(8,9)67-46)50-34-47(62-36-61-10)39(3)43(65-50)27-22-28-44-40(4)48-35-49(64-44)45(66-48)25-17-14-15-19-29-51(58)59/h12,14-19,22,25-26,28-29,31-33,37,39-50,53-54,57H,11,13,20-21,23-24,27,30,34-36H2,1-10H3,(H,58,59)/b15-14-,16-12+,25-17+,26-18+,28-22+,29-19-,38-33+/t37-,39+,40+,41+,42+,43-,44+,45+,46+,47+,48-,49-,50-,53+,54+/m1/s1. The monoisotopic (exact) mass is 965 g/mol. The van der Waals surface area contributed by atoms with E-state index in [-0.39, 0.29) is 85.6 Å². The summed E-state index contributed by atoms with van der Waals surface area (Å²) >= 11 is 0. The number of esters is 1. The first-order valence-corrected chi connectivity index (χ1v) is 25.4. The van der Waals surface area contributed by atoms with Crippen LogP contribution in [0.5, 0.6) is 0 Å². The van der Waals surface area contributed by atoms with Crippen molar-refractivity contribution in [1.29, 1.82) is 0 Å². The molecule has 69 heavy (non-hydrogen) atoms. The summed E-state index contributed by atoms with van der Waals surface area (Å²) in [4.78, 5) is 22.8. The fourth-order valence-electron chi connectivity index (χ4n) is 9.78. The summed E-state index contributed by atoms with van der Waals surface area (Å²) in [7, 11) is 1.64. The van der Waals surface area contributed by atoms with Gasteiger partial charge in [0, 0.05) is 44.3 Å². The Balaban J connectivity index is 1.09. The van der Waals surface area contributed by atoms with Crippen LogP contribution in [0.25, 0.3) is 0 Å². The van der Waals surface area contributed by atoms with Crippen molar-refractivity contribution in [2.24, 2.45) is 17.8 Å². The van der Waals surface area contributed by atoms with Crippen molar-refractivity contribution < 1.29 is 62.4 Å². The molecule has 0 saturated carbocycles. The van der Waals surface area contributed by atoms with Crippen molar-refractivity contribution >= 4 is 11.9 Å². The van der Waals surface area contributed by atoms with E-state index in [9.17, 15) is 14.7 Å². The number of hydrogen-bond donors (Lipinski definition) is 2. The molecular weight excluding hydrogens is 881 g/mol. The second-order valence-corrected chi connectivity index (χ2v) is 20.9. The maximum atomic E-state index is 12.1. The maximum Gasteiger partial charge on any atom is 0.328 e. The fraction of sp³-hybridized carbons (Fsp3) is 0.679. The lowest BCUT2D eigenvalue weighted by atomic mass is 9.85. The number of aliphatic hydroxyl groups excluding tert-OH is 1. The van der Waals surface area contributed by atoms with Crippen LogP contribution in [0.4, 0.5) is 0 Å². The molecule has 0 radical (unpaired) electrons. The quantitative estimate of drug-likeness (QED) is 0.0235. The highest BCUT2D eigenvalue weighted by molar-refractivity contribution is 5.80. The highest BCUT2D eigenvalue weighted by Gasteiger charge is 2.49. The number of hydrogen-bond acceptors (Lipinski definition) is 12. The van der Waals surface area contributed by atoms with E-state index in [2.05, 4.69) is 63.3 Å². The largest absolute Gasteiger partial charge is 0.478 e. The van der Waals surface area contributed by atoms with Crippen LogP contribution < -0.4 is 0 Å². The Morgan fingerprint density at radius 3 is 2.30 bits per heavy atom. The lowest BCUT2D eigenvalue weighted by Crippen LogP contribution is -2.50. The van der Waals surface area contributed by atoms with Gasteiger partial charge in [-0.2, -0.15) is 0 Å². The summed E-state index contributed by atoms with van der Waals surface area (Å²) in [6.45, 7) is 18.3. The molecule has 0 aromatic rings. The summed E-state index contributed by atoms with van der Waals surface area (Å²) in [6, 6.07) is 0. The minimum Gasteiger partial charge on any atom is -0.478 e. The predicted molar refractivity (Wildman–Crippen MR) is 266 cm³/mol. The highest BCUT2D eigenvalue weighted by Crippen LogP contribution is 2.40. The molecule has 5 aliphatic rings. The van der Waals surface area contributed by atoms with Crippen molar-refractivity contribution in [2.75, 3.05) is 13.9 Å². The zero-order chi connectivity index (χ0) is 50.1. The molecule has 0 aromatic heterocycles. The van der Waals surface area contributed by atoms with Crippen LogP contribution in [0, 0.1) is 17.8 Å². The Kier molecular flexibility index (Phi) is 22.4. The van der Waals surface area contributed by atoms with E-state index in [0.29, 0.717) is 31.6 Å². The van der Waals surface area contributed by atoms with Crippen LogP contribution in [-0.2, 0) is 52.2 Å². The van der Waals surface area contributed by atoms with Gasteiger partial charge in [-0.3, -0.25) is 4.79 Å². The Morgan fingerprint density at radius 2 is 1.55 bits per heavy atom. The van der Waals surface area contributed by atoms with Crippen LogP contribution in [0.15, 0.2) is 96.7 Å². The van der Waals surface area contributed by atoms with Gasteiger partial charge in [0.25, 0.3) is 0 Å². The molecule has 4 fully saturated rings. The smallest absolute Gasteiger partial charge is 0.328 e. The topological polar surface area (TPSA) is 158 Å². The summed E-state index contributed by atoms with van der Waals surface area (Å²) in [5.74, 6) is -1.34. The van der Waals surface area contributed by atoms with Crippen LogP contribution in [-0.4, -0.2) is 121 Å². The molecule has 4 saturated heterocycles. The molecule has 0 unspecified atom stereocenters. The van der Waals surface area contributed by atoms with Gasteiger partial charge in [0.15, 0.2) is 5.79 Å². The molecule has 0 amide bonds. The number of rotatable bonds is 24. The van der Waals surface area contributed by atoms with Gasteiger partial charge < -0.3 is 52.8 Å². The molecule has 15 atom stereocenters. The zero-order valence-electron chi connectivity index (χ0n) is 43.0. The van der Waals surface area contributed by atoms with Gasteiger partial charge in [-0.15, -0.1) is 0 Å². The van der Waals surface area contributed by atoms with E-state index in [1.165, 1.54) is 6.08 Å². The lowest BCUT2D eigenvalue weighted by Gasteiger charge is -2.42. The molecule has 386 valence electrons. The molecule has 2 bridgehead atoms. The number of unbranched alkanes of at least 4 members (excludes halogenated alkanes) is 2. The molecule has 0 spiro atoms. The molecule has 0 aromatic carbocycles. The molecule has 5 heterocycles. The minimum absolute atomic E-state index is 0.0580. The summed E-state index contributed by atoms with van der Waals surface area (Å²) in [5.41, 5.74) is 0.561. The molecule has 13 nitrogen and oxygen atoms in total. The number of carbonyl (C=O) groups is 2. The van der Waals surface area contributed by atoms with E-state index in [4.69, 9.17) is 47.7 Å². The third-order valence-electron chi connectivity index (χ3n) is 13.3. The van der Waals surface area contributed by atoms with Gasteiger partial charge in [-0.05, 0) is 91.6 Å². The van der Waals surface area contributed by atoms with E-state index >= 15 is 0 Å². The third kappa shape index (κ3) is 18.6. The molecule has 5 rings (SSSR count). The number of ether oxygens (including phenoxy) is 9. The van der Waals surface area contributed by atoms with Crippen LogP contribution in [0.3, 0.4) is 0 Å². The van der Waals surface area contributed by atoms with Crippen molar-refractivity contribution in [3.05, 3.63) is 96.7 Å². The van der Waals surface area contributed by atoms with Crippen molar-refractivity contribution in [2.45, 2.75) is 211 Å². The number of methoxy groups -OCH3 is 1. The Labute approximate surface area is 412 Å². The van der Waals surface area contributed by atoms with Crippen LogP contribution in [0.1, 0.15) is 127 Å². The maximum absolute atomic E-state index is 12.1. The van der Waals surface area contributed by atoms with Crippen LogP contribution >= 0.6 is 0 Å². The number of fused-ring (bicyclic) bond motifs is 2. The highest BCUT2D eigenvalue weighted by atomic mass is 16.8. The number of carboxylic acid groups (broad SMARTS) is 1. The van der Waals surface area contributed by atoms with Crippen molar-refractivity contribution in [3.63, 3.8) is 0 Å². The van der Waals surface area contributed by atoms with Gasteiger partial charge in [0.2, 0.25) is 0 Å². The second kappa shape index (κ2) is 27.4. The Bertz CT molecular complexity index is 1850. The Morgan fingerprint density at radius 1 is 0.812 bits per heavy atom. The minimum atomic E-state index is -0.983. The van der Waals surface area contributed by atoms with E-state index in [1.807, 2.05) is 65.8 Å². The summed E-state index contributed by atoms with van der Waals surface area (Å²) in [6.07, 6.45) is 33.9. The number of carboxylic acids is 1. The summed E-state index contributed by atoms with van der Waals surface area (Å²) < 4.78 is 56.2. The average Bonchev–Trinajstić information content (AvgIpc) is 3.79. The Hall–Kier alpha value is -3.50. The first-order valence-electron chi connectivity index (χ1n) is 25.4. The average molecular weight is 965 g/mol. The van der Waals surface area contributed by atoms with Gasteiger partial charge in [0.05, 0.1) is 42.7 Å².